The van der Waals surface area contributed by atoms with Crippen molar-refractivity contribution in [3.8, 4) is 34.5 Å². The second-order valence-electron chi connectivity index (χ2n) is 11.2. The normalized spacial score (nSPS) is 18.7. The van der Waals surface area contributed by atoms with E-state index >= 15 is 0 Å². The number of hydrogen-bond donors (Lipinski definition) is 2. The molecule has 4 rings (SSSR count). The minimum atomic E-state index is -1.01. The zero-order valence-corrected chi connectivity index (χ0v) is 22.0. The number of benzene rings is 2. The molecule has 0 aromatic heterocycles. The van der Waals surface area contributed by atoms with Crippen LogP contribution in [-0.4, -0.2) is 29.2 Å². The van der Waals surface area contributed by atoms with Crippen LogP contribution in [0.4, 0.5) is 0 Å². The number of aromatic hydroxyl groups is 2. The molecule has 0 aliphatic carbocycles. The molecular weight excluding hydrogens is 444 g/mol. The van der Waals surface area contributed by atoms with Crippen molar-refractivity contribution in [2.45, 2.75) is 96.7 Å². The summed E-state index contributed by atoms with van der Waals surface area (Å²) in [5.41, 5.74) is 1.35. The lowest BCUT2D eigenvalue weighted by Gasteiger charge is -2.51. The van der Waals surface area contributed by atoms with E-state index in [4.69, 9.17) is 18.9 Å². The van der Waals surface area contributed by atoms with Crippen molar-refractivity contribution in [2.24, 2.45) is 0 Å². The molecule has 2 N–H and O–H groups in total. The average molecular weight is 485 g/mol. The van der Waals surface area contributed by atoms with Gasteiger partial charge in [-0.1, -0.05) is 66.5 Å². The highest BCUT2D eigenvalue weighted by Crippen LogP contribution is 2.59. The molecule has 35 heavy (non-hydrogen) atoms. The first-order valence-electron chi connectivity index (χ1n) is 12.9. The maximum Gasteiger partial charge on any atom is 0.253 e. The zero-order chi connectivity index (χ0) is 25.4. The van der Waals surface area contributed by atoms with Gasteiger partial charge < -0.3 is 29.2 Å². The molecule has 0 saturated carbocycles. The van der Waals surface area contributed by atoms with Crippen molar-refractivity contribution < 1.29 is 29.2 Å². The first-order chi connectivity index (χ1) is 16.5. The zero-order valence-electron chi connectivity index (χ0n) is 22.0. The first kappa shape index (κ1) is 25.3. The Morgan fingerprint density at radius 2 is 1.11 bits per heavy atom. The minimum Gasteiger partial charge on any atom is -0.504 e. The van der Waals surface area contributed by atoms with Crippen LogP contribution in [-0.2, 0) is 10.8 Å². The second kappa shape index (κ2) is 9.36. The SMILES string of the molecule is CCCCOc1c(O)ccc2c1OC1(CC2(C)C)CC(C)(C)c2ccc(O)c(OCCCC)c2O1. The van der Waals surface area contributed by atoms with Crippen molar-refractivity contribution in [3.05, 3.63) is 35.4 Å². The van der Waals surface area contributed by atoms with Crippen LogP contribution >= 0.6 is 0 Å². The third kappa shape index (κ3) is 4.72. The molecule has 0 radical (unpaired) electrons. The van der Waals surface area contributed by atoms with E-state index in [0.29, 0.717) is 49.1 Å². The monoisotopic (exact) mass is 484 g/mol. The van der Waals surface area contributed by atoms with E-state index < -0.39 is 5.79 Å². The molecule has 2 aromatic rings. The van der Waals surface area contributed by atoms with Crippen LogP contribution in [0.15, 0.2) is 24.3 Å². The molecule has 2 heterocycles. The highest BCUT2D eigenvalue weighted by atomic mass is 16.7. The predicted octanol–water partition coefficient (Wildman–Crippen LogP) is 6.97. The fourth-order valence-corrected chi connectivity index (χ4v) is 5.43. The lowest BCUT2D eigenvalue weighted by atomic mass is 9.69. The van der Waals surface area contributed by atoms with Gasteiger partial charge in [0, 0.05) is 34.8 Å². The van der Waals surface area contributed by atoms with Gasteiger partial charge in [0.1, 0.15) is 0 Å². The van der Waals surface area contributed by atoms with Gasteiger partial charge in [0.25, 0.3) is 5.79 Å². The van der Waals surface area contributed by atoms with Gasteiger partial charge in [-0.25, -0.2) is 0 Å². The van der Waals surface area contributed by atoms with E-state index in [0.717, 1.165) is 36.8 Å². The summed E-state index contributed by atoms with van der Waals surface area (Å²) in [5.74, 6) is 0.904. The van der Waals surface area contributed by atoms with Crippen LogP contribution in [0.5, 0.6) is 34.5 Å². The minimum absolute atomic E-state index is 0.0596. The molecule has 1 spiro atoms. The Bertz CT molecular complexity index is 986. The summed E-state index contributed by atoms with van der Waals surface area (Å²) in [6.07, 6.45) is 4.94. The van der Waals surface area contributed by atoms with E-state index in [1.54, 1.807) is 12.1 Å². The molecule has 0 saturated heterocycles. The fourth-order valence-electron chi connectivity index (χ4n) is 5.43. The Morgan fingerprint density at radius 3 is 1.49 bits per heavy atom. The van der Waals surface area contributed by atoms with Crippen molar-refractivity contribution in [2.75, 3.05) is 13.2 Å². The van der Waals surface area contributed by atoms with Gasteiger partial charge in [-0.2, -0.15) is 0 Å². The predicted molar refractivity (Wildman–Crippen MR) is 136 cm³/mol. The van der Waals surface area contributed by atoms with Gasteiger partial charge in [-0.3, -0.25) is 0 Å². The number of hydrogen-bond acceptors (Lipinski definition) is 6. The van der Waals surface area contributed by atoms with E-state index in [1.807, 2.05) is 12.1 Å². The summed E-state index contributed by atoms with van der Waals surface area (Å²) in [6.45, 7) is 13.8. The topological polar surface area (TPSA) is 77.4 Å². The Labute approximate surface area is 209 Å². The summed E-state index contributed by atoms with van der Waals surface area (Å²) in [4.78, 5) is 0. The maximum absolute atomic E-state index is 10.7. The average Bonchev–Trinajstić information content (AvgIpc) is 2.75. The number of phenols is 2. The molecule has 0 atom stereocenters. The molecule has 2 aliphatic rings. The van der Waals surface area contributed by atoms with Crippen LogP contribution in [0, 0.1) is 0 Å². The third-order valence-corrected chi connectivity index (χ3v) is 7.13. The number of fused-ring (bicyclic) bond motifs is 2. The number of unbranched alkanes of at least 4 members (excludes halogenated alkanes) is 2. The molecule has 2 aromatic carbocycles. The van der Waals surface area contributed by atoms with Crippen LogP contribution in [0.3, 0.4) is 0 Å². The van der Waals surface area contributed by atoms with E-state index in [-0.39, 0.29) is 22.3 Å². The van der Waals surface area contributed by atoms with Crippen molar-refractivity contribution in [1.82, 2.24) is 0 Å². The number of phenolic OH excluding ortho intramolecular Hbond substituents is 2. The van der Waals surface area contributed by atoms with E-state index in [9.17, 15) is 10.2 Å². The first-order valence-corrected chi connectivity index (χ1v) is 12.9. The molecule has 192 valence electrons. The lowest BCUT2D eigenvalue weighted by Crippen LogP contribution is -2.55. The lowest BCUT2D eigenvalue weighted by molar-refractivity contribution is -0.168. The summed E-state index contributed by atoms with van der Waals surface area (Å²) in [6, 6.07) is 7.19. The van der Waals surface area contributed by atoms with Gasteiger partial charge in [-0.05, 0) is 25.0 Å². The Kier molecular flexibility index (Phi) is 6.78. The summed E-state index contributed by atoms with van der Waals surface area (Å²) in [5, 5.41) is 21.4. The Morgan fingerprint density at radius 1 is 0.714 bits per heavy atom. The quantitative estimate of drug-likeness (QED) is 0.394. The highest BCUT2D eigenvalue weighted by molar-refractivity contribution is 5.61. The van der Waals surface area contributed by atoms with Gasteiger partial charge in [0.15, 0.2) is 23.0 Å². The largest absolute Gasteiger partial charge is 0.504 e. The van der Waals surface area contributed by atoms with Gasteiger partial charge in [0.2, 0.25) is 11.5 Å². The van der Waals surface area contributed by atoms with Crippen molar-refractivity contribution >= 4 is 0 Å². The van der Waals surface area contributed by atoms with Crippen LogP contribution in [0.1, 0.15) is 91.2 Å². The Hall–Kier alpha value is -2.76. The van der Waals surface area contributed by atoms with E-state index in [1.165, 1.54) is 0 Å². The molecule has 0 amide bonds. The molecule has 0 bridgehead atoms. The maximum atomic E-state index is 10.7. The van der Waals surface area contributed by atoms with Gasteiger partial charge >= 0.3 is 0 Å². The fraction of sp³-hybridized carbons (Fsp3) is 0.586. The summed E-state index contributed by atoms with van der Waals surface area (Å²) >= 11 is 0. The number of rotatable bonds is 8. The summed E-state index contributed by atoms with van der Waals surface area (Å²) < 4.78 is 25.5. The van der Waals surface area contributed by atoms with Crippen molar-refractivity contribution in [3.63, 3.8) is 0 Å². The van der Waals surface area contributed by atoms with Crippen LogP contribution in [0.25, 0.3) is 0 Å². The van der Waals surface area contributed by atoms with Gasteiger partial charge in [0.05, 0.1) is 13.2 Å². The van der Waals surface area contributed by atoms with E-state index in [2.05, 4.69) is 41.5 Å². The molecular formula is C29H40O6. The van der Waals surface area contributed by atoms with Crippen molar-refractivity contribution in [1.29, 1.82) is 0 Å². The second-order valence-corrected chi connectivity index (χ2v) is 11.2. The Balaban J connectivity index is 1.80. The van der Waals surface area contributed by atoms with Crippen LogP contribution < -0.4 is 18.9 Å². The van der Waals surface area contributed by atoms with Crippen LogP contribution in [0.2, 0.25) is 0 Å². The standard InChI is InChI=1S/C29H40O6/c1-7-9-15-32-25-21(30)13-11-19-23(25)34-29(17-27(19,3)4)18-28(5,6)20-12-14-22(31)26(24(20)35-29)33-16-10-8-2/h11-14,30-31H,7-10,15-18H2,1-6H3. The summed E-state index contributed by atoms with van der Waals surface area (Å²) in [7, 11) is 0. The number of ether oxygens (including phenoxy) is 4. The molecule has 6 heteroatoms. The van der Waals surface area contributed by atoms with Gasteiger partial charge in [-0.15, -0.1) is 0 Å². The molecule has 0 unspecified atom stereocenters. The third-order valence-electron chi connectivity index (χ3n) is 7.13. The molecule has 2 aliphatic heterocycles. The molecule has 0 fully saturated rings. The smallest absolute Gasteiger partial charge is 0.253 e. The molecule has 6 nitrogen and oxygen atoms in total. The highest BCUT2D eigenvalue weighted by Gasteiger charge is 2.55.